The first-order chi connectivity index (χ1) is 16.9. The van der Waals surface area contributed by atoms with Crippen LogP contribution in [-0.4, -0.2) is 34.1 Å². The average molecular weight is 470 g/mol. The van der Waals surface area contributed by atoms with Crippen molar-refractivity contribution in [3.63, 3.8) is 0 Å². The summed E-state index contributed by atoms with van der Waals surface area (Å²) in [6.07, 6.45) is 6.37. The van der Waals surface area contributed by atoms with Crippen molar-refractivity contribution in [3.05, 3.63) is 58.8 Å². The summed E-state index contributed by atoms with van der Waals surface area (Å²) in [7, 11) is 0. The highest BCUT2D eigenvalue weighted by Crippen LogP contribution is 2.39. The van der Waals surface area contributed by atoms with Crippen molar-refractivity contribution in [1.29, 1.82) is 5.26 Å². The molecule has 7 heteroatoms. The summed E-state index contributed by atoms with van der Waals surface area (Å²) in [6.45, 7) is 5.79. The van der Waals surface area contributed by atoms with Gasteiger partial charge in [-0.1, -0.05) is 37.5 Å². The molecule has 2 heterocycles. The molecule has 2 N–H and O–H groups in total. The average Bonchev–Trinajstić information content (AvgIpc) is 2.82. The van der Waals surface area contributed by atoms with Crippen LogP contribution in [0.1, 0.15) is 72.2 Å². The molecule has 1 aliphatic carbocycles. The van der Waals surface area contributed by atoms with Gasteiger partial charge in [0.2, 0.25) is 0 Å². The minimum atomic E-state index is -0.972. The maximum atomic E-state index is 11.7. The lowest BCUT2D eigenvalue weighted by molar-refractivity contribution is 0.0698. The molecular formula is C28H31N5O2. The van der Waals surface area contributed by atoms with Gasteiger partial charge in [0.1, 0.15) is 6.07 Å². The topological polar surface area (TPSA) is 102 Å². The Bertz CT molecular complexity index is 1300. The van der Waals surface area contributed by atoms with Crippen molar-refractivity contribution in [2.75, 3.05) is 23.3 Å². The lowest BCUT2D eigenvalue weighted by atomic mass is 9.72. The van der Waals surface area contributed by atoms with Crippen molar-refractivity contribution < 1.29 is 9.90 Å². The summed E-state index contributed by atoms with van der Waals surface area (Å²) in [6, 6.07) is 13.0. The predicted octanol–water partition coefficient (Wildman–Crippen LogP) is 5.70. The highest BCUT2D eigenvalue weighted by atomic mass is 16.4. The number of benzene rings is 2. The molecule has 1 aromatic heterocycles. The standard InChI is InChI=1S/C28H31N5O2/c1-17-14-22(18(2)30-23-9-4-3-8-21(23)28(34)35)26-24(15-17)31-25(16-29)27(32-26)33-12-10-20(11-13-33)19-6-5-7-19/h3-4,8-9,14-15,18-20,30H,5-7,10-13H2,1-2H3,(H,34,35)/t18-/m1/s1. The van der Waals surface area contributed by atoms with E-state index in [-0.39, 0.29) is 11.6 Å². The van der Waals surface area contributed by atoms with E-state index >= 15 is 0 Å². The predicted molar refractivity (Wildman–Crippen MR) is 137 cm³/mol. The van der Waals surface area contributed by atoms with Crippen LogP contribution in [0, 0.1) is 30.1 Å². The summed E-state index contributed by atoms with van der Waals surface area (Å²) in [5.74, 6) is 1.36. The van der Waals surface area contributed by atoms with Gasteiger partial charge < -0.3 is 15.3 Å². The number of aromatic nitrogens is 2. The molecule has 1 saturated carbocycles. The van der Waals surface area contributed by atoms with E-state index < -0.39 is 5.97 Å². The fourth-order valence-electron chi connectivity index (χ4n) is 5.55. The molecule has 0 radical (unpaired) electrons. The second-order valence-electron chi connectivity index (χ2n) is 9.96. The maximum absolute atomic E-state index is 11.7. The number of hydrogen-bond donors (Lipinski definition) is 2. The number of carbonyl (C=O) groups is 1. The molecule has 2 aliphatic rings. The molecule has 5 rings (SSSR count). The van der Waals surface area contributed by atoms with E-state index in [1.165, 1.54) is 19.3 Å². The van der Waals surface area contributed by atoms with E-state index in [2.05, 4.69) is 22.4 Å². The maximum Gasteiger partial charge on any atom is 0.337 e. The summed E-state index contributed by atoms with van der Waals surface area (Å²) in [5, 5.41) is 22.8. The normalized spacial score (nSPS) is 17.6. The van der Waals surface area contributed by atoms with Gasteiger partial charge in [-0.3, -0.25) is 0 Å². The number of carboxylic acid groups (broad SMARTS) is 1. The van der Waals surface area contributed by atoms with Gasteiger partial charge in [-0.25, -0.2) is 14.8 Å². The Morgan fingerprint density at radius 3 is 2.51 bits per heavy atom. The number of para-hydroxylation sites is 1. The van der Waals surface area contributed by atoms with E-state index in [9.17, 15) is 15.2 Å². The van der Waals surface area contributed by atoms with E-state index in [0.29, 0.717) is 22.7 Å². The molecule has 0 amide bonds. The van der Waals surface area contributed by atoms with Gasteiger partial charge in [0.05, 0.1) is 22.6 Å². The first-order valence-corrected chi connectivity index (χ1v) is 12.5. The monoisotopic (exact) mass is 469 g/mol. The lowest BCUT2D eigenvalue weighted by Gasteiger charge is -2.40. The Balaban J connectivity index is 1.49. The Morgan fingerprint density at radius 1 is 1.14 bits per heavy atom. The van der Waals surface area contributed by atoms with Crippen LogP contribution in [0.3, 0.4) is 0 Å². The second-order valence-corrected chi connectivity index (χ2v) is 9.96. The number of fused-ring (bicyclic) bond motifs is 1. The number of piperidine rings is 1. The van der Waals surface area contributed by atoms with Crippen LogP contribution >= 0.6 is 0 Å². The third-order valence-electron chi connectivity index (χ3n) is 7.68. The molecule has 0 spiro atoms. The van der Waals surface area contributed by atoms with E-state index in [1.807, 2.05) is 26.0 Å². The third kappa shape index (κ3) is 4.53. The minimum Gasteiger partial charge on any atom is -0.478 e. The van der Waals surface area contributed by atoms with Gasteiger partial charge in [0.15, 0.2) is 11.5 Å². The molecule has 2 fully saturated rings. The van der Waals surface area contributed by atoms with E-state index in [0.717, 1.165) is 54.4 Å². The number of hydrogen-bond acceptors (Lipinski definition) is 6. The van der Waals surface area contributed by atoms with Crippen molar-refractivity contribution in [2.24, 2.45) is 11.8 Å². The van der Waals surface area contributed by atoms with Gasteiger partial charge >= 0.3 is 5.97 Å². The zero-order chi connectivity index (χ0) is 24.5. The summed E-state index contributed by atoms with van der Waals surface area (Å²) < 4.78 is 0. The van der Waals surface area contributed by atoms with Crippen molar-refractivity contribution in [1.82, 2.24) is 9.97 Å². The number of nitriles is 1. The number of aryl methyl sites for hydroxylation is 1. The summed E-state index contributed by atoms with van der Waals surface area (Å²) in [4.78, 5) is 23.6. The Hall–Kier alpha value is -3.66. The van der Waals surface area contributed by atoms with Crippen LogP contribution in [0.2, 0.25) is 0 Å². The molecule has 7 nitrogen and oxygen atoms in total. The van der Waals surface area contributed by atoms with Crippen LogP contribution in [0.15, 0.2) is 36.4 Å². The molecule has 0 bridgehead atoms. The number of aromatic carboxylic acids is 1. The van der Waals surface area contributed by atoms with Gasteiger partial charge in [0.25, 0.3) is 0 Å². The van der Waals surface area contributed by atoms with Crippen LogP contribution in [-0.2, 0) is 0 Å². The lowest BCUT2D eigenvalue weighted by Crippen LogP contribution is -2.38. The van der Waals surface area contributed by atoms with Crippen molar-refractivity contribution in [2.45, 2.75) is 52.0 Å². The third-order valence-corrected chi connectivity index (χ3v) is 7.68. The van der Waals surface area contributed by atoms with Crippen LogP contribution < -0.4 is 10.2 Å². The van der Waals surface area contributed by atoms with Gasteiger partial charge in [0, 0.05) is 24.3 Å². The van der Waals surface area contributed by atoms with E-state index in [1.54, 1.807) is 18.2 Å². The van der Waals surface area contributed by atoms with E-state index in [4.69, 9.17) is 9.97 Å². The Morgan fingerprint density at radius 2 is 1.86 bits per heavy atom. The van der Waals surface area contributed by atoms with Crippen LogP contribution in [0.25, 0.3) is 11.0 Å². The highest BCUT2D eigenvalue weighted by Gasteiger charge is 2.31. The molecule has 1 aliphatic heterocycles. The quantitative estimate of drug-likeness (QED) is 0.477. The Labute approximate surface area is 205 Å². The molecule has 180 valence electrons. The minimum absolute atomic E-state index is 0.211. The smallest absolute Gasteiger partial charge is 0.337 e. The zero-order valence-electron chi connectivity index (χ0n) is 20.3. The second kappa shape index (κ2) is 9.53. The summed E-state index contributed by atoms with van der Waals surface area (Å²) in [5.41, 5.74) is 4.53. The highest BCUT2D eigenvalue weighted by molar-refractivity contribution is 5.94. The van der Waals surface area contributed by atoms with Gasteiger partial charge in [-0.05, 0) is 62.3 Å². The van der Waals surface area contributed by atoms with Gasteiger partial charge in [-0.2, -0.15) is 5.26 Å². The summed E-state index contributed by atoms with van der Waals surface area (Å²) >= 11 is 0. The molecule has 1 atom stereocenters. The number of nitrogens with one attached hydrogen (secondary N) is 1. The van der Waals surface area contributed by atoms with Gasteiger partial charge in [-0.15, -0.1) is 0 Å². The van der Waals surface area contributed by atoms with Crippen LogP contribution in [0.5, 0.6) is 0 Å². The molecule has 3 aromatic rings. The number of nitrogens with zero attached hydrogens (tertiary/aromatic N) is 4. The molecule has 35 heavy (non-hydrogen) atoms. The number of carboxylic acids is 1. The Kier molecular flexibility index (Phi) is 6.29. The fraction of sp³-hybridized carbons (Fsp3) is 0.429. The molecular weight excluding hydrogens is 438 g/mol. The molecule has 1 saturated heterocycles. The van der Waals surface area contributed by atoms with Crippen LogP contribution in [0.4, 0.5) is 11.5 Å². The molecule has 0 unspecified atom stereocenters. The van der Waals surface area contributed by atoms with Crippen molar-refractivity contribution >= 4 is 28.5 Å². The zero-order valence-corrected chi connectivity index (χ0v) is 20.3. The SMILES string of the molecule is Cc1cc([C@@H](C)Nc2ccccc2C(=O)O)c2nc(N3CCC(C4CCC4)CC3)c(C#N)nc2c1. The first kappa shape index (κ1) is 23.1. The first-order valence-electron chi connectivity index (χ1n) is 12.5. The van der Waals surface area contributed by atoms with Crippen molar-refractivity contribution in [3.8, 4) is 6.07 Å². The largest absolute Gasteiger partial charge is 0.478 e. The fourth-order valence-corrected chi connectivity index (χ4v) is 5.55. The number of anilines is 2. The number of rotatable bonds is 6. The molecule has 2 aromatic carbocycles.